The summed E-state index contributed by atoms with van der Waals surface area (Å²) in [6.07, 6.45) is -1.77. The molecule has 2 heterocycles. The molecule has 0 aliphatic carbocycles. The second-order valence-corrected chi connectivity index (χ2v) is 11.4. The summed E-state index contributed by atoms with van der Waals surface area (Å²) in [6.45, 7) is 3.13. The highest BCUT2D eigenvalue weighted by atomic mass is 31.2. The molecule has 3 rings (SSSR count). The second-order valence-electron chi connectivity index (χ2n) is 7.10. The second kappa shape index (κ2) is 8.99. The summed E-state index contributed by atoms with van der Waals surface area (Å²) in [7, 11) is -10.4. The summed E-state index contributed by atoms with van der Waals surface area (Å²) in [5.41, 5.74) is -0.107. The lowest BCUT2D eigenvalue weighted by atomic mass is 10.2. The molecule has 0 amide bonds. The fourth-order valence-corrected chi connectivity index (χ4v) is 6.34. The van der Waals surface area contributed by atoms with Crippen LogP contribution in [-0.2, 0) is 29.3 Å². The molecule has 1 aromatic carbocycles. The molecule has 32 heavy (non-hydrogen) atoms. The number of carbonyl (C=O) groups excluding carboxylic acids is 1. The molecule has 1 aliphatic heterocycles. The van der Waals surface area contributed by atoms with E-state index in [4.69, 9.17) is 18.5 Å². The van der Waals surface area contributed by atoms with Gasteiger partial charge in [-0.1, -0.05) is 12.1 Å². The third kappa shape index (κ3) is 4.92. The maximum atomic E-state index is 14.4. The summed E-state index contributed by atoms with van der Waals surface area (Å²) in [6, 6.07) is 5.64. The highest BCUT2D eigenvalue weighted by Crippen LogP contribution is 2.79. The van der Waals surface area contributed by atoms with E-state index >= 15 is 0 Å². The number of hydrogen-bond donors (Lipinski definition) is 3. The zero-order valence-corrected chi connectivity index (χ0v) is 18.6. The molecule has 0 bridgehead atoms. The molecule has 2 atom stereocenters. The molecular formula is C18H20FNO10P2. The van der Waals surface area contributed by atoms with E-state index in [9.17, 15) is 33.2 Å². The van der Waals surface area contributed by atoms with E-state index in [1.165, 1.54) is 24.5 Å². The van der Waals surface area contributed by atoms with Gasteiger partial charge >= 0.3 is 21.3 Å². The Hall–Kier alpha value is -2.17. The number of benzene rings is 1. The Kier molecular flexibility index (Phi) is 6.88. The van der Waals surface area contributed by atoms with Gasteiger partial charge in [0.15, 0.2) is 11.6 Å². The van der Waals surface area contributed by atoms with Crippen LogP contribution in [-0.4, -0.2) is 37.2 Å². The van der Waals surface area contributed by atoms with Crippen molar-refractivity contribution in [2.24, 2.45) is 0 Å². The molecule has 0 saturated carbocycles. The van der Waals surface area contributed by atoms with Gasteiger partial charge in [-0.05, 0) is 37.6 Å². The van der Waals surface area contributed by atoms with Crippen LogP contribution in [0.1, 0.15) is 31.3 Å². The Bertz CT molecular complexity index is 1070. The van der Waals surface area contributed by atoms with Crippen molar-refractivity contribution >= 4 is 21.3 Å². The topological polar surface area (TPSA) is 162 Å². The van der Waals surface area contributed by atoms with E-state index in [1.54, 1.807) is 13.8 Å². The van der Waals surface area contributed by atoms with E-state index < -0.39 is 56.8 Å². The first-order chi connectivity index (χ1) is 14.8. The standard InChI is InChI=1S/C18H20FNO10P2/c1-11(2)27-17(21)28-15-6-5-13(8-14(15)19)16-29-31(23,24)18(22,32(25,26)30-16)9-12-4-3-7-20-10-12/h3-8,10-11,16,22H,9H2,1-2H3,(H,23,24)(H,25,26). The van der Waals surface area contributed by atoms with Crippen LogP contribution in [0.15, 0.2) is 42.7 Å². The Morgan fingerprint density at radius 1 is 1.25 bits per heavy atom. The lowest BCUT2D eigenvalue weighted by Crippen LogP contribution is -2.37. The number of hydrogen-bond acceptors (Lipinski definition) is 9. The van der Waals surface area contributed by atoms with Crippen LogP contribution in [0.3, 0.4) is 0 Å². The number of halogens is 1. The summed E-state index contributed by atoms with van der Waals surface area (Å²) >= 11 is 0. The number of ether oxygens (including phenoxy) is 2. The van der Waals surface area contributed by atoms with Gasteiger partial charge in [-0.25, -0.2) is 9.18 Å². The molecule has 11 nitrogen and oxygen atoms in total. The van der Waals surface area contributed by atoms with Gasteiger partial charge in [0.25, 0.3) is 5.08 Å². The first-order valence-corrected chi connectivity index (χ1v) is 12.3. The third-order valence-electron chi connectivity index (χ3n) is 4.30. The van der Waals surface area contributed by atoms with Gasteiger partial charge in [-0.2, -0.15) is 0 Å². The van der Waals surface area contributed by atoms with Crippen molar-refractivity contribution in [3.05, 3.63) is 59.7 Å². The summed E-state index contributed by atoms with van der Waals surface area (Å²) in [5, 5.41) is 7.49. The van der Waals surface area contributed by atoms with E-state index in [0.29, 0.717) is 6.07 Å². The minimum Gasteiger partial charge on any atom is -0.431 e. The van der Waals surface area contributed by atoms with Gasteiger partial charge in [0.05, 0.1) is 6.10 Å². The zero-order valence-electron chi connectivity index (χ0n) is 16.8. The quantitative estimate of drug-likeness (QED) is 0.319. The average molecular weight is 491 g/mol. The number of rotatable bonds is 5. The van der Waals surface area contributed by atoms with E-state index in [0.717, 1.165) is 12.1 Å². The van der Waals surface area contributed by atoms with Crippen LogP contribution in [0, 0.1) is 5.82 Å². The maximum Gasteiger partial charge on any atom is 0.514 e. The smallest absolute Gasteiger partial charge is 0.431 e. The first kappa shape index (κ1) is 24.5. The van der Waals surface area contributed by atoms with Crippen LogP contribution in [0.2, 0.25) is 0 Å². The molecule has 0 radical (unpaired) electrons. The van der Waals surface area contributed by atoms with Crippen LogP contribution in [0.25, 0.3) is 0 Å². The molecule has 174 valence electrons. The number of carbonyl (C=O) groups is 1. The number of aromatic nitrogens is 1. The SMILES string of the molecule is CC(C)OC(=O)Oc1ccc(C2OP(=O)(O)C(O)(Cc3cccnc3)P(=O)(O)O2)cc1F. The van der Waals surface area contributed by atoms with Crippen LogP contribution >= 0.6 is 15.2 Å². The van der Waals surface area contributed by atoms with Crippen LogP contribution in [0.5, 0.6) is 5.75 Å². The first-order valence-electron chi connectivity index (χ1n) is 9.16. The summed E-state index contributed by atoms with van der Waals surface area (Å²) < 4.78 is 59.1. The molecule has 1 saturated heterocycles. The van der Waals surface area contributed by atoms with Gasteiger partial charge in [0.1, 0.15) is 0 Å². The molecule has 3 N–H and O–H groups in total. The summed E-state index contributed by atoms with van der Waals surface area (Å²) in [4.78, 5) is 35.9. The number of pyridine rings is 1. The van der Waals surface area contributed by atoms with E-state index in [2.05, 4.69) is 4.98 Å². The van der Waals surface area contributed by atoms with Gasteiger partial charge in [0, 0.05) is 24.4 Å². The van der Waals surface area contributed by atoms with Crippen molar-refractivity contribution in [3.8, 4) is 5.75 Å². The van der Waals surface area contributed by atoms with E-state index in [1.807, 2.05) is 0 Å². The average Bonchev–Trinajstić information content (AvgIpc) is 2.67. The molecule has 2 unspecified atom stereocenters. The summed E-state index contributed by atoms with van der Waals surface area (Å²) in [5.74, 6) is -1.63. The molecule has 1 aliphatic rings. The van der Waals surface area contributed by atoms with Gasteiger partial charge in [-0.3, -0.25) is 23.2 Å². The lowest BCUT2D eigenvalue weighted by Gasteiger charge is -2.41. The minimum atomic E-state index is -5.22. The number of nitrogens with zero attached hydrogens (tertiary/aromatic N) is 1. The molecule has 1 fully saturated rings. The highest BCUT2D eigenvalue weighted by molar-refractivity contribution is 7.73. The minimum absolute atomic E-state index is 0.171. The molecule has 2 aromatic rings. The van der Waals surface area contributed by atoms with E-state index in [-0.39, 0.29) is 11.1 Å². The van der Waals surface area contributed by atoms with Crippen LogP contribution < -0.4 is 4.74 Å². The van der Waals surface area contributed by atoms with Crippen molar-refractivity contribution in [1.29, 1.82) is 0 Å². The molecular weight excluding hydrogens is 471 g/mol. The van der Waals surface area contributed by atoms with Crippen molar-refractivity contribution in [2.45, 2.75) is 37.7 Å². The molecule has 14 heteroatoms. The van der Waals surface area contributed by atoms with Crippen molar-refractivity contribution in [2.75, 3.05) is 0 Å². The van der Waals surface area contributed by atoms with Gasteiger partial charge in [0.2, 0.25) is 6.29 Å². The highest BCUT2D eigenvalue weighted by Gasteiger charge is 2.67. The van der Waals surface area contributed by atoms with Gasteiger partial charge in [-0.15, -0.1) is 0 Å². The lowest BCUT2D eigenvalue weighted by molar-refractivity contribution is -0.0580. The molecule has 0 spiro atoms. The fourth-order valence-electron chi connectivity index (χ4n) is 2.76. The number of aliphatic hydroxyl groups is 1. The Morgan fingerprint density at radius 3 is 2.44 bits per heavy atom. The van der Waals surface area contributed by atoms with Gasteiger partial charge < -0.3 is 24.4 Å². The monoisotopic (exact) mass is 491 g/mol. The predicted molar refractivity (Wildman–Crippen MR) is 106 cm³/mol. The fraction of sp³-hybridized carbons (Fsp3) is 0.333. The Labute approximate surface area is 181 Å². The Morgan fingerprint density at radius 2 is 1.91 bits per heavy atom. The maximum absolute atomic E-state index is 14.4. The normalized spacial score (nSPS) is 30.2. The Balaban J connectivity index is 1.85. The largest absolute Gasteiger partial charge is 0.514 e. The van der Waals surface area contributed by atoms with Crippen molar-refractivity contribution < 1.29 is 51.7 Å². The predicted octanol–water partition coefficient (Wildman–Crippen LogP) is 3.45. The van der Waals surface area contributed by atoms with Crippen LogP contribution in [0.4, 0.5) is 9.18 Å². The molecule has 1 aromatic heterocycles. The van der Waals surface area contributed by atoms with Crippen molar-refractivity contribution in [3.63, 3.8) is 0 Å². The third-order valence-corrected chi connectivity index (χ3v) is 8.90. The van der Waals surface area contributed by atoms with Crippen molar-refractivity contribution in [1.82, 2.24) is 4.98 Å². The zero-order chi connectivity index (χ0) is 23.7.